The van der Waals surface area contributed by atoms with Crippen LogP contribution in [0.5, 0.6) is 0 Å². The number of nitrogens with two attached hydrogens (primary N) is 1. The molecule has 1 fully saturated rings. The van der Waals surface area contributed by atoms with E-state index in [1.165, 1.54) is 19.3 Å². The van der Waals surface area contributed by atoms with Gasteiger partial charge in [0.2, 0.25) is 5.91 Å². The molecule has 13 heavy (non-hydrogen) atoms. The van der Waals surface area contributed by atoms with Gasteiger partial charge in [-0.3, -0.25) is 4.79 Å². The summed E-state index contributed by atoms with van der Waals surface area (Å²) in [5, 5.41) is 2.91. The van der Waals surface area contributed by atoms with Gasteiger partial charge >= 0.3 is 0 Å². The average molecular weight is 184 g/mol. The Kier molecular flexibility index (Phi) is 4.22. The molecule has 0 heterocycles. The average Bonchev–Trinajstić information content (AvgIpc) is 2.01. The smallest absolute Gasteiger partial charge is 0.236 e. The Morgan fingerprint density at radius 1 is 1.62 bits per heavy atom. The molecule has 0 bridgehead atoms. The van der Waals surface area contributed by atoms with E-state index in [-0.39, 0.29) is 11.9 Å². The molecule has 0 radical (unpaired) electrons. The molecule has 1 aliphatic rings. The molecular formula is C10H20N2O. The van der Waals surface area contributed by atoms with Gasteiger partial charge in [-0.2, -0.15) is 0 Å². The Balaban J connectivity index is 2.08. The predicted molar refractivity (Wildman–Crippen MR) is 53.2 cm³/mol. The van der Waals surface area contributed by atoms with Gasteiger partial charge in [-0.15, -0.1) is 0 Å². The first-order valence-corrected chi connectivity index (χ1v) is 5.27. The first kappa shape index (κ1) is 10.5. The fourth-order valence-electron chi connectivity index (χ4n) is 1.52. The Morgan fingerprint density at radius 3 is 2.77 bits per heavy atom. The van der Waals surface area contributed by atoms with Crippen molar-refractivity contribution in [2.24, 2.45) is 11.7 Å². The summed E-state index contributed by atoms with van der Waals surface area (Å²) in [6.07, 6.45) is 5.61. The van der Waals surface area contributed by atoms with Crippen molar-refractivity contribution < 1.29 is 4.79 Å². The van der Waals surface area contributed by atoms with E-state index in [0.717, 1.165) is 25.3 Å². The second-order valence-corrected chi connectivity index (χ2v) is 3.94. The molecule has 3 heteroatoms. The summed E-state index contributed by atoms with van der Waals surface area (Å²) in [6, 6.07) is -0.301. The lowest BCUT2D eigenvalue weighted by atomic mass is 9.85. The van der Waals surface area contributed by atoms with Gasteiger partial charge in [0.25, 0.3) is 0 Å². The second-order valence-electron chi connectivity index (χ2n) is 3.94. The van der Waals surface area contributed by atoms with Crippen molar-refractivity contribution in [2.45, 2.75) is 45.1 Å². The number of hydrogen-bond acceptors (Lipinski definition) is 2. The van der Waals surface area contributed by atoms with E-state index in [1.807, 2.05) is 6.92 Å². The van der Waals surface area contributed by atoms with E-state index in [9.17, 15) is 4.79 Å². The van der Waals surface area contributed by atoms with Gasteiger partial charge in [0, 0.05) is 6.54 Å². The molecule has 3 N–H and O–H groups in total. The summed E-state index contributed by atoms with van der Waals surface area (Å²) in [5.74, 6) is 0.742. The highest BCUT2D eigenvalue weighted by Crippen LogP contribution is 2.25. The van der Waals surface area contributed by atoms with Crippen molar-refractivity contribution in [1.29, 1.82) is 0 Å². The van der Waals surface area contributed by atoms with Crippen LogP contribution in [0.2, 0.25) is 0 Å². The van der Waals surface area contributed by atoms with E-state index in [4.69, 9.17) is 5.73 Å². The number of carbonyl (C=O) groups is 1. The molecule has 1 amide bonds. The minimum absolute atomic E-state index is 0.0220. The van der Waals surface area contributed by atoms with E-state index in [0.29, 0.717) is 0 Å². The first-order valence-electron chi connectivity index (χ1n) is 5.27. The van der Waals surface area contributed by atoms with E-state index >= 15 is 0 Å². The van der Waals surface area contributed by atoms with Crippen LogP contribution in [0.1, 0.15) is 39.0 Å². The van der Waals surface area contributed by atoms with Crippen LogP contribution in [0.15, 0.2) is 0 Å². The third kappa shape index (κ3) is 3.35. The SMILES string of the molecule is CCC[C@@H](N)C(=O)NCC1CCC1. The summed E-state index contributed by atoms with van der Waals surface area (Å²) < 4.78 is 0. The third-order valence-corrected chi connectivity index (χ3v) is 2.73. The number of carbonyl (C=O) groups excluding carboxylic acids is 1. The lowest BCUT2D eigenvalue weighted by Crippen LogP contribution is -2.43. The molecule has 1 atom stereocenters. The maximum atomic E-state index is 11.3. The molecule has 0 spiro atoms. The summed E-state index contributed by atoms with van der Waals surface area (Å²) >= 11 is 0. The normalized spacial score (nSPS) is 19.2. The van der Waals surface area contributed by atoms with Crippen LogP contribution < -0.4 is 11.1 Å². The third-order valence-electron chi connectivity index (χ3n) is 2.73. The fraction of sp³-hybridized carbons (Fsp3) is 0.900. The topological polar surface area (TPSA) is 55.1 Å². The van der Waals surface area contributed by atoms with Gasteiger partial charge in [0.15, 0.2) is 0 Å². The molecule has 0 aromatic heterocycles. The van der Waals surface area contributed by atoms with Crippen molar-refractivity contribution in [2.75, 3.05) is 6.54 Å². The minimum atomic E-state index is -0.301. The molecule has 1 rings (SSSR count). The van der Waals surface area contributed by atoms with E-state index in [2.05, 4.69) is 5.32 Å². The summed E-state index contributed by atoms with van der Waals surface area (Å²) in [7, 11) is 0. The highest BCUT2D eigenvalue weighted by atomic mass is 16.2. The predicted octanol–water partition coefficient (Wildman–Crippen LogP) is 1.03. The summed E-state index contributed by atoms with van der Waals surface area (Å²) in [6.45, 7) is 2.87. The maximum absolute atomic E-state index is 11.3. The molecule has 1 aliphatic carbocycles. The minimum Gasteiger partial charge on any atom is -0.354 e. The number of nitrogens with one attached hydrogen (secondary N) is 1. The van der Waals surface area contributed by atoms with Gasteiger partial charge in [0.05, 0.1) is 6.04 Å². The zero-order chi connectivity index (χ0) is 9.68. The molecule has 76 valence electrons. The lowest BCUT2D eigenvalue weighted by molar-refractivity contribution is -0.122. The van der Waals surface area contributed by atoms with Crippen LogP contribution in [-0.4, -0.2) is 18.5 Å². The highest BCUT2D eigenvalue weighted by Gasteiger charge is 2.19. The van der Waals surface area contributed by atoms with Crippen LogP contribution in [0.3, 0.4) is 0 Å². The molecule has 1 saturated carbocycles. The lowest BCUT2D eigenvalue weighted by Gasteiger charge is -2.26. The molecule has 0 aromatic rings. The van der Waals surface area contributed by atoms with Gasteiger partial charge in [0.1, 0.15) is 0 Å². The van der Waals surface area contributed by atoms with Crippen molar-refractivity contribution in [3.05, 3.63) is 0 Å². The van der Waals surface area contributed by atoms with Crippen molar-refractivity contribution in [1.82, 2.24) is 5.32 Å². The van der Waals surface area contributed by atoms with Crippen LogP contribution in [0.4, 0.5) is 0 Å². The molecule has 0 aromatic carbocycles. The monoisotopic (exact) mass is 184 g/mol. The molecule has 3 nitrogen and oxygen atoms in total. The molecule has 0 saturated heterocycles. The standard InChI is InChI=1S/C10H20N2O/c1-2-4-9(11)10(13)12-7-8-5-3-6-8/h8-9H,2-7,11H2,1H3,(H,12,13)/t9-/m1/s1. The Bertz CT molecular complexity index is 166. The first-order chi connectivity index (χ1) is 6.24. The van der Waals surface area contributed by atoms with Crippen LogP contribution >= 0.6 is 0 Å². The van der Waals surface area contributed by atoms with Crippen LogP contribution in [0.25, 0.3) is 0 Å². The zero-order valence-corrected chi connectivity index (χ0v) is 8.38. The second kappa shape index (κ2) is 5.22. The Labute approximate surface area is 80.1 Å². The fourth-order valence-corrected chi connectivity index (χ4v) is 1.52. The number of hydrogen-bond donors (Lipinski definition) is 2. The molecular weight excluding hydrogens is 164 g/mol. The van der Waals surface area contributed by atoms with E-state index < -0.39 is 0 Å². The Hall–Kier alpha value is -0.570. The van der Waals surface area contributed by atoms with Crippen molar-refractivity contribution >= 4 is 5.91 Å². The van der Waals surface area contributed by atoms with Gasteiger partial charge in [-0.05, 0) is 25.2 Å². The van der Waals surface area contributed by atoms with Crippen molar-refractivity contribution in [3.63, 3.8) is 0 Å². The maximum Gasteiger partial charge on any atom is 0.236 e. The van der Waals surface area contributed by atoms with E-state index in [1.54, 1.807) is 0 Å². The van der Waals surface area contributed by atoms with Gasteiger partial charge in [-0.1, -0.05) is 19.8 Å². The zero-order valence-electron chi connectivity index (χ0n) is 8.38. The largest absolute Gasteiger partial charge is 0.354 e. The molecule has 0 unspecified atom stereocenters. The summed E-state index contributed by atoms with van der Waals surface area (Å²) in [4.78, 5) is 11.3. The quantitative estimate of drug-likeness (QED) is 0.670. The Morgan fingerprint density at radius 2 is 2.31 bits per heavy atom. The van der Waals surface area contributed by atoms with Crippen LogP contribution in [0, 0.1) is 5.92 Å². The van der Waals surface area contributed by atoms with Crippen molar-refractivity contribution in [3.8, 4) is 0 Å². The van der Waals surface area contributed by atoms with Gasteiger partial charge in [-0.25, -0.2) is 0 Å². The van der Waals surface area contributed by atoms with Gasteiger partial charge < -0.3 is 11.1 Å². The number of amides is 1. The van der Waals surface area contributed by atoms with Crippen LogP contribution in [-0.2, 0) is 4.79 Å². The number of rotatable bonds is 5. The highest BCUT2D eigenvalue weighted by molar-refractivity contribution is 5.81. The molecule has 0 aliphatic heterocycles. The summed E-state index contributed by atoms with van der Waals surface area (Å²) in [5.41, 5.74) is 5.66.